The number of fused-ring (bicyclic) bond motifs is 5. The number of carbonyl (C=O) groups excluding carboxylic acids is 1. The van der Waals surface area contributed by atoms with Gasteiger partial charge in [-0.25, -0.2) is 0 Å². The van der Waals surface area contributed by atoms with E-state index in [2.05, 4.69) is 66.5 Å². The van der Waals surface area contributed by atoms with Crippen LogP contribution in [-0.4, -0.2) is 14.9 Å². The number of alkyl halides is 2. The van der Waals surface area contributed by atoms with Gasteiger partial charge in [0.1, 0.15) is 5.78 Å². The Labute approximate surface area is 202 Å². The van der Waals surface area contributed by atoms with E-state index >= 15 is 0 Å². The summed E-state index contributed by atoms with van der Waals surface area (Å²) in [4.78, 5) is 12.8. The summed E-state index contributed by atoms with van der Waals surface area (Å²) < 4.78 is -0.0353. The quantitative estimate of drug-likeness (QED) is 0.317. The molecule has 0 amide bonds. The van der Waals surface area contributed by atoms with Crippen LogP contribution in [0.4, 0.5) is 0 Å². The second kappa shape index (κ2) is 8.44. The van der Waals surface area contributed by atoms with E-state index in [1.165, 1.54) is 51.4 Å². The summed E-state index contributed by atoms with van der Waals surface area (Å²) in [6.45, 7) is 12.5. The molecule has 9 atom stereocenters. The lowest BCUT2D eigenvalue weighted by atomic mass is 9.44. The molecule has 30 heavy (non-hydrogen) atoms. The Morgan fingerprint density at radius 3 is 2.47 bits per heavy atom. The van der Waals surface area contributed by atoms with Gasteiger partial charge in [-0.2, -0.15) is 0 Å². The SMILES string of the molecule is CC(C)CCC[C@@H](C)[C@H]1CC[C@H]2[C@@H]3C[C@@H](Br)[C@@]4(Br)CC(=O)CC[C@]4(C)[C@H]3CC[C@]12C. The van der Waals surface area contributed by atoms with Crippen LogP contribution in [-0.2, 0) is 4.79 Å². The Hall–Kier alpha value is 0.630. The molecule has 4 rings (SSSR count). The van der Waals surface area contributed by atoms with Gasteiger partial charge < -0.3 is 0 Å². The topological polar surface area (TPSA) is 17.1 Å². The Bertz CT molecular complexity index is 661. The van der Waals surface area contributed by atoms with Crippen LogP contribution in [0.25, 0.3) is 0 Å². The van der Waals surface area contributed by atoms with Gasteiger partial charge in [-0.3, -0.25) is 4.79 Å². The molecule has 0 unspecified atom stereocenters. The summed E-state index contributed by atoms with van der Waals surface area (Å²) in [5, 5.41) is 0. The zero-order valence-electron chi connectivity index (χ0n) is 20.0. The van der Waals surface area contributed by atoms with Crippen molar-refractivity contribution in [3.05, 3.63) is 0 Å². The van der Waals surface area contributed by atoms with Crippen molar-refractivity contribution in [2.45, 2.75) is 114 Å². The van der Waals surface area contributed by atoms with E-state index in [-0.39, 0.29) is 9.74 Å². The van der Waals surface area contributed by atoms with Crippen LogP contribution >= 0.6 is 31.9 Å². The first-order valence-electron chi connectivity index (χ1n) is 12.9. The van der Waals surface area contributed by atoms with Crippen molar-refractivity contribution >= 4 is 37.6 Å². The van der Waals surface area contributed by atoms with Crippen LogP contribution < -0.4 is 0 Å². The van der Waals surface area contributed by atoms with Gasteiger partial charge >= 0.3 is 0 Å². The van der Waals surface area contributed by atoms with E-state index in [1.807, 2.05) is 0 Å². The number of Topliss-reactive ketones (excluding diaryl/α,β-unsaturated/α-hetero) is 1. The Morgan fingerprint density at radius 2 is 1.77 bits per heavy atom. The molecule has 0 bridgehead atoms. The number of carbonyl (C=O) groups is 1. The van der Waals surface area contributed by atoms with Crippen LogP contribution in [0.5, 0.6) is 0 Å². The van der Waals surface area contributed by atoms with Gasteiger partial charge in [-0.15, -0.1) is 0 Å². The van der Waals surface area contributed by atoms with Crippen LogP contribution in [0.2, 0.25) is 0 Å². The van der Waals surface area contributed by atoms with Crippen molar-refractivity contribution in [1.29, 1.82) is 0 Å². The largest absolute Gasteiger partial charge is 0.300 e. The fourth-order valence-corrected chi connectivity index (χ4v) is 11.1. The predicted octanol–water partition coefficient (Wildman–Crippen LogP) is 8.57. The first-order valence-corrected chi connectivity index (χ1v) is 14.6. The fourth-order valence-electron chi connectivity index (χ4n) is 9.00. The average molecular weight is 544 g/mol. The highest BCUT2D eigenvalue weighted by Gasteiger charge is 2.66. The Kier molecular flexibility index (Phi) is 6.69. The molecule has 0 aliphatic heterocycles. The number of rotatable bonds is 5. The third-order valence-electron chi connectivity index (χ3n) is 10.8. The molecule has 3 heteroatoms. The van der Waals surface area contributed by atoms with Gasteiger partial charge in [0.05, 0.1) is 4.32 Å². The molecule has 0 heterocycles. The zero-order chi connectivity index (χ0) is 21.9. The van der Waals surface area contributed by atoms with Crippen molar-refractivity contribution in [2.24, 2.45) is 46.3 Å². The highest BCUT2D eigenvalue weighted by Crippen LogP contribution is 2.71. The molecule has 4 aliphatic carbocycles. The summed E-state index contributed by atoms with van der Waals surface area (Å²) in [6, 6.07) is 0. The molecule has 0 N–H and O–H groups in total. The van der Waals surface area contributed by atoms with Crippen molar-refractivity contribution < 1.29 is 4.79 Å². The first kappa shape index (κ1) is 23.8. The van der Waals surface area contributed by atoms with Gasteiger partial charge in [0.15, 0.2) is 0 Å². The molecule has 0 aromatic carbocycles. The molecule has 0 aromatic heterocycles. The first-order chi connectivity index (χ1) is 14.0. The van der Waals surface area contributed by atoms with Gasteiger partial charge in [-0.05, 0) is 84.9 Å². The maximum absolute atomic E-state index is 12.4. The van der Waals surface area contributed by atoms with E-state index in [0.29, 0.717) is 16.0 Å². The van der Waals surface area contributed by atoms with E-state index in [4.69, 9.17) is 0 Å². The summed E-state index contributed by atoms with van der Waals surface area (Å²) in [5.41, 5.74) is 0.790. The van der Waals surface area contributed by atoms with Gasteiger partial charge in [0.2, 0.25) is 0 Å². The van der Waals surface area contributed by atoms with Crippen molar-refractivity contribution in [1.82, 2.24) is 0 Å². The van der Waals surface area contributed by atoms with E-state index in [9.17, 15) is 4.79 Å². The lowest BCUT2D eigenvalue weighted by Gasteiger charge is -2.65. The Morgan fingerprint density at radius 1 is 1.03 bits per heavy atom. The molecular formula is C27H44Br2O. The van der Waals surface area contributed by atoms with Crippen LogP contribution in [0.15, 0.2) is 0 Å². The van der Waals surface area contributed by atoms with Crippen molar-refractivity contribution in [3.63, 3.8) is 0 Å². The maximum atomic E-state index is 12.4. The minimum absolute atomic E-state index is 0.0353. The number of hydrogen-bond donors (Lipinski definition) is 0. The molecule has 0 spiro atoms. The normalized spacial score (nSPS) is 49.5. The van der Waals surface area contributed by atoms with Gasteiger partial charge in [0.25, 0.3) is 0 Å². The molecule has 0 aromatic rings. The zero-order valence-corrected chi connectivity index (χ0v) is 23.2. The molecule has 0 saturated heterocycles. The standard InChI is InChI=1S/C27H44Br2O/c1-17(2)7-6-8-18(3)21-9-10-22-20-15-24(28)27(29)16-19(30)11-14-26(27,5)23(20)12-13-25(21,22)4/h17-18,20-24H,6-16H2,1-5H3/t18-,20+,21-,22+,23+,24-,25-,26-,27+/m1/s1. The summed E-state index contributed by atoms with van der Waals surface area (Å²) >= 11 is 8.31. The van der Waals surface area contributed by atoms with Crippen molar-refractivity contribution in [3.8, 4) is 0 Å². The predicted molar refractivity (Wildman–Crippen MR) is 134 cm³/mol. The fraction of sp³-hybridized carbons (Fsp3) is 0.963. The highest BCUT2D eigenvalue weighted by atomic mass is 79.9. The number of hydrogen-bond acceptors (Lipinski definition) is 1. The molecule has 4 saturated carbocycles. The van der Waals surface area contributed by atoms with Gasteiger partial charge in [0, 0.05) is 17.7 Å². The second-order valence-electron chi connectivity index (χ2n) is 12.6. The average Bonchev–Trinajstić information content (AvgIpc) is 3.01. The molecule has 4 fully saturated rings. The third kappa shape index (κ3) is 3.63. The number of ketones is 1. The lowest BCUT2D eigenvalue weighted by Crippen LogP contribution is -2.64. The molecule has 172 valence electrons. The second-order valence-corrected chi connectivity index (χ2v) is 15.1. The molecule has 0 radical (unpaired) electrons. The molecule has 4 aliphatic rings. The summed E-state index contributed by atoms with van der Waals surface area (Å²) in [6.07, 6.45) is 13.8. The maximum Gasteiger partial charge on any atom is 0.134 e. The van der Waals surface area contributed by atoms with Crippen LogP contribution in [0.1, 0.15) is 105 Å². The van der Waals surface area contributed by atoms with E-state index in [0.717, 1.165) is 54.8 Å². The summed E-state index contributed by atoms with van der Waals surface area (Å²) in [5.74, 6) is 5.60. The highest BCUT2D eigenvalue weighted by molar-refractivity contribution is 9.12. The monoisotopic (exact) mass is 542 g/mol. The van der Waals surface area contributed by atoms with E-state index in [1.54, 1.807) is 0 Å². The third-order valence-corrected chi connectivity index (χ3v) is 14.3. The smallest absolute Gasteiger partial charge is 0.134 e. The summed E-state index contributed by atoms with van der Waals surface area (Å²) in [7, 11) is 0. The Balaban J connectivity index is 1.54. The van der Waals surface area contributed by atoms with Crippen LogP contribution in [0, 0.1) is 46.3 Å². The van der Waals surface area contributed by atoms with Gasteiger partial charge in [-0.1, -0.05) is 85.7 Å². The molecular weight excluding hydrogens is 500 g/mol. The molecule has 1 nitrogen and oxygen atoms in total. The minimum Gasteiger partial charge on any atom is -0.300 e. The van der Waals surface area contributed by atoms with E-state index < -0.39 is 0 Å². The number of halogens is 2. The lowest BCUT2D eigenvalue weighted by molar-refractivity contribution is -0.133. The van der Waals surface area contributed by atoms with Crippen molar-refractivity contribution in [2.75, 3.05) is 0 Å². The minimum atomic E-state index is -0.0353. The van der Waals surface area contributed by atoms with Crippen LogP contribution in [0.3, 0.4) is 0 Å².